The first-order chi connectivity index (χ1) is 9.99. The van der Waals surface area contributed by atoms with Crippen molar-refractivity contribution in [1.29, 1.82) is 0 Å². The van der Waals surface area contributed by atoms with Crippen LogP contribution >= 0.6 is 19.4 Å². The maximum atomic E-state index is 12.1. The van der Waals surface area contributed by atoms with Crippen LogP contribution in [0.4, 0.5) is 26.3 Å². The zero-order chi connectivity index (χ0) is 16.9. The van der Waals surface area contributed by atoms with Crippen molar-refractivity contribution in [3.05, 3.63) is 30.3 Å². The Morgan fingerprint density at radius 2 is 1.36 bits per heavy atom. The fourth-order valence-electron chi connectivity index (χ4n) is 1.13. The highest BCUT2D eigenvalue weighted by Gasteiger charge is 2.38. The number of hydrogen-bond donors (Lipinski definition) is 0. The Kier molecular flexibility index (Phi) is 6.79. The van der Waals surface area contributed by atoms with Gasteiger partial charge in [0.15, 0.2) is 13.2 Å². The summed E-state index contributed by atoms with van der Waals surface area (Å²) in [5, 5.41) is 0. The van der Waals surface area contributed by atoms with Gasteiger partial charge in [0.1, 0.15) is 5.49 Å². The van der Waals surface area contributed by atoms with Crippen molar-refractivity contribution in [2.45, 2.75) is 17.2 Å². The second kappa shape index (κ2) is 7.72. The third-order valence-corrected chi connectivity index (χ3v) is 5.41. The maximum Gasteiger partial charge on any atom is 0.412 e. The first-order valence-electron chi connectivity index (χ1n) is 5.69. The SMILES string of the molecule is O=P(CSc1ccccc1)(OCC(F)(F)F)OCC(F)(F)F. The molecule has 3 nitrogen and oxygen atoms in total. The standard InChI is InChI=1S/C11H11F6O3PS/c12-10(13,14)6-19-21(18,20-7-11(15,16)17)8-22-9-4-2-1-3-5-9/h1-5H,6-8H2. The monoisotopic (exact) mass is 368 g/mol. The molecule has 0 radical (unpaired) electrons. The van der Waals surface area contributed by atoms with Crippen LogP contribution in [-0.2, 0) is 13.6 Å². The highest BCUT2D eigenvalue weighted by molar-refractivity contribution is 8.04. The summed E-state index contributed by atoms with van der Waals surface area (Å²) >= 11 is 0.781. The van der Waals surface area contributed by atoms with Crippen molar-refractivity contribution in [3.63, 3.8) is 0 Å². The van der Waals surface area contributed by atoms with E-state index in [0.717, 1.165) is 11.8 Å². The summed E-state index contributed by atoms with van der Waals surface area (Å²) in [7, 11) is -4.55. The van der Waals surface area contributed by atoms with E-state index in [1.165, 1.54) is 0 Å². The van der Waals surface area contributed by atoms with Gasteiger partial charge in [-0.3, -0.25) is 13.6 Å². The van der Waals surface area contributed by atoms with E-state index in [2.05, 4.69) is 9.05 Å². The zero-order valence-electron chi connectivity index (χ0n) is 10.9. The Morgan fingerprint density at radius 1 is 0.909 bits per heavy atom. The minimum absolute atomic E-state index is 0.508. The van der Waals surface area contributed by atoms with E-state index in [9.17, 15) is 30.9 Å². The lowest BCUT2D eigenvalue weighted by atomic mass is 10.4. The van der Waals surface area contributed by atoms with Crippen LogP contribution in [0.3, 0.4) is 0 Å². The molecule has 1 aromatic rings. The van der Waals surface area contributed by atoms with E-state index < -0.39 is 38.7 Å². The van der Waals surface area contributed by atoms with Crippen LogP contribution in [0.2, 0.25) is 0 Å². The summed E-state index contributed by atoms with van der Waals surface area (Å²) in [6.07, 6.45) is -9.65. The molecule has 0 aromatic heterocycles. The molecular weight excluding hydrogens is 357 g/mol. The van der Waals surface area contributed by atoms with E-state index in [1.54, 1.807) is 30.3 Å². The fraction of sp³-hybridized carbons (Fsp3) is 0.455. The molecule has 0 N–H and O–H groups in total. The topological polar surface area (TPSA) is 35.5 Å². The minimum Gasteiger partial charge on any atom is -0.298 e. The fourth-order valence-corrected chi connectivity index (χ4v) is 4.06. The molecule has 0 saturated heterocycles. The Balaban J connectivity index is 2.70. The normalized spacial score (nSPS) is 13.4. The summed E-state index contributed by atoms with van der Waals surface area (Å²) < 4.78 is 92.8. The van der Waals surface area contributed by atoms with Gasteiger partial charge < -0.3 is 0 Å². The molecule has 0 atom stereocenters. The van der Waals surface area contributed by atoms with Crippen LogP contribution in [0.5, 0.6) is 0 Å². The molecular formula is C11H11F6O3PS. The van der Waals surface area contributed by atoms with Gasteiger partial charge in [-0.1, -0.05) is 18.2 Å². The molecule has 11 heteroatoms. The number of benzene rings is 1. The lowest BCUT2D eigenvalue weighted by Crippen LogP contribution is -2.20. The highest BCUT2D eigenvalue weighted by Crippen LogP contribution is 2.53. The Morgan fingerprint density at radius 3 is 1.77 bits per heavy atom. The maximum absolute atomic E-state index is 12.1. The average Bonchev–Trinajstić information content (AvgIpc) is 2.41. The van der Waals surface area contributed by atoms with Crippen LogP contribution < -0.4 is 0 Å². The molecule has 0 fully saturated rings. The Bertz CT molecular complexity index is 483. The first-order valence-corrected chi connectivity index (χ1v) is 8.40. The molecule has 1 aromatic carbocycles. The summed E-state index contributed by atoms with van der Waals surface area (Å²) in [6.45, 7) is -3.89. The Hall–Kier alpha value is -0.700. The smallest absolute Gasteiger partial charge is 0.298 e. The van der Waals surface area contributed by atoms with E-state index >= 15 is 0 Å². The lowest BCUT2D eigenvalue weighted by Gasteiger charge is -2.20. The van der Waals surface area contributed by atoms with Crippen molar-refractivity contribution < 1.29 is 40.0 Å². The van der Waals surface area contributed by atoms with Crippen LogP contribution in [0.15, 0.2) is 35.2 Å². The van der Waals surface area contributed by atoms with Gasteiger partial charge in [-0.15, -0.1) is 11.8 Å². The van der Waals surface area contributed by atoms with Gasteiger partial charge in [0.05, 0.1) is 0 Å². The zero-order valence-corrected chi connectivity index (χ0v) is 12.6. The summed E-state index contributed by atoms with van der Waals surface area (Å²) in [4.78, 5) is 0.508. The van der Waals surface area contributed by atoms with Gasteiger partial charge in [-0.2, -0.15) is 26.3 Å². The summed E-state index contributed by atoms with van der Waals surface area (Å²) in [6, 6.07) is 8.01. The third-order valence-electron chi connectivity index (χ3n) is 1.98. The molecule has 0 aliphatic heterocycles. The van der Waals surface area contributed by atoms with Crippen molar-refractivity contribution in [1.82, 2.24) is 0 Å². The average molecular weight is 368 g/mol. The molecule has 1 rings (SSSR count). The highest BCUT2D eigenvalue weighted by atomic mass is 32.2. The van der Waals surface area contributed by atoms with Gasteiger partial charge in [0.2, 0.25) is 0 Å². The summed E-state index contributed by atoms with van der Waals surface area (Å²) in [5.74, 6) is 0. The molecule has 22 heavy (non-hydrogen) atoms. The molecule has 0 heterocycles. The Labute approximate surface area is 126 Å². The second-order valence-corrected chi connectivity index (χ2v) is 7.51. The van der Waals surface area contributed by atoms with Gasteiger partial charge in [0, 0.05) is 4.90 Å². The largest absolute Gasteiger partial charge is 0.412 e. The molecule has 126 valence electrons. The van der Waals surface area contributed by atoms with Gasteiger partial charge in [-0.25, -0.2) is 0 Å². The molecule has 0 aliphatic carbocycles. The molecule has 0 unspecified atom stereocenters. The second-order valence-electron chi connectivity index (χ2n) is 3.97. The van der Waals surface area contributed by atoms with Crippen molar-refractivity contribution in [3.8, 4) is 0 Å². The molecule has 0 aliphatic rings. The molecule has 0 spiro atoms. The number of hydrogen-bond acceptors (Lipinski definition) is 4. The van der Waals surface area contributed by atoms with Crippen molar-refractivity contribution >= 4 is 19.4 Å². The molecule has 0 bridgehead atoms. The van der Waals surface area contributed by atoms with Crippen molar-refractivity contribution in [2.24, 2.45) is 0 Å². The van der Waals surface area contributed by atoms with Gasteiger partial charge in [0.25, 0.3) is 0 Å². The predicted molar refractivity (Wildman–Crippen MR) is 68.8 cm³/mol. The van der Waals surface area contributed by atoms with Crippen LogP contribution in [0, 0.1) is 0 Å². The number of thioether (sulfide) groups is 1. The van der Waals surface area contributed by atoms with E-state index in [4.69, 9.17) is 0 Å². The lowest BCUT2D eigenvalue weighted by molar-refractivity contribution is -0.165. The quantitative estimate of drug-likeness (QED) is 0.382. The van der Waals surface area contributed by atoms with Gasteiger partial charge in [-0.05, 0) is 12.1 Å². The molecule has 0 amide bonds. The minimum atomic E-state index is -4.82. The third kappa shape index (κ3) is 8.67. The van der Waals surface area contributed by atoms with Crippen molar-refractivity contribution in [2.75, 3.05) is 18.7 Å². The molecule has 0 saturated carbocycles. The van der Waals surface area contributed by atoms with Gasteiger partial charge >= 0.3 is 19.9 Å². The predicted octanol–water partition coefficient (Wildman–Crippen LogP) is 5.09. The van der Waals surface area contributed by atoms with E-state index in [0.29, 0.717) is 4.90 Å². The number of alkyl halides is 6. The summed E-state index contributed by atoms with van der Waals surface area (Å²) in [5.41, 5.74) is -0.664. The van der Waals surface area contributed by atoms with E-state index in [1.807, 2.05) is 0 Å². The first kappa shape index (κ1) is 19.3. The van der Waals surface area contributed by atoms with Crippen LogP contribution in [0.25, 0.3) is 0 Å². The number of halogens is 6. The number of rotatable bonds is 7. The van der Waals surface area contributed by atoms with Crippen LogP contribution in [0.1, 0.15) is 0 Å². The van der Waals surface area contributed by atoms with E-state index in [-0.39, 0.29) is 0 Å². The van der Waals surface area contributed by atoms with Crippen LogP contribution in [-0.4, -0.2) is 31.1 Å².